The lowest BCUT2D eigenvalue weighted by Gasteiger charge is -1.93. The molecule has 0 aliphatic rings. The van der Waals surface area contributed by atoms with Gasteiger partial charge >= 0.3 is 6.01 Å². The monoisotopic (exact) mass is 217 g/mol. The predicted octanol–water partition coefficient (Wildman–Crippen LogP) is 2.81. The molecule has 0 saturated heterocycles. The van der Waals surface area contributed by atoms with Crippen molar-refractivity contribution in [2.45, 2.75) is 0 Å². The molecule has 0 amide bonds. The van der Waals surface area contributed by atoms with E-state index >= 15 is 0 Å². The first kappa shape index (κ1) is 8.43. The molecular formula is C10H7N3OS. The number of H-pyrrole nitrogens is 1. The highest BCUT2D eigenvalue weighted by Crippen LogP contribution is 2.20. The molecule has 0 saturated carbocycles. The number of nitrogens with one attached hydrogen (secondary N) is 1. The zero-order chi connectivity index (χ0) is 10.1. The summed E-state index contributed by atoms with van der Waals surface area (Å²) in [5.41, 5.74) is 3.57. The van der Waals surface area contributed by atoms with Crippen molar-refractivity contribution < 1.29 is 4.74 Å². The molecular weight excluding hydrogens is 210 g/mol. The molecule has 0 unspecified atom stereocenters. The lowest BCUT2D eigenvalue weighted by molar-refractivity contribution is 0.435. The van der Waals surface area contributed by atoms with Gasteiger partial charge in [-0.2, -0.15) is 4.98 Å². The Morgan fingerprint density at radius 3 is 3.00 bits per heavy atom. The molecule has 0 fully saturated rings. The molecule has 0 aliphatic heterocycles. The number of nitrogens with zero attached hydrogens (tertiary/aromatic N) is 2. The van der Waals surface area contributed by atoms with Crippen molar-refractivity contribution in [3.8, 4) is 11.9 Å². The van der Waals surface area contributed by atoms with Gasteiger partial charge in [-0.3, -0.25) is 0 Å². The topological polar surface area (TPSA) is 50.8 Å². The Hall–Kier alpha value is -1.88. The number of fused-ring (bicyclic) bond motifs is 1. The van der Waals surface area contributed by atoms with Crippen LogP contribution < -0.4 is 4.74 Å². The van der Waals surface area contributed by atoms with Crippen LogP contribution in [0.4, 0.5) is 0 Å². The number of aromatic amines is 1. The number of rotatable bonds is 2. The summed E-state index contributed by atoms with van der Waals surface area (Å²) in [6, 6.07) is 8.25. The molecule has 74 valence electrons. The first-order valence-corrected chi connectivity index (χ1v) is 5.37. The van der Waals surface area contributed by atoms with Crippen LogP contribution in [0.1, 0.15) is 0 Å². The SMILES string of the molecule is c1ccc2[nH]c(Oc3cscn3)nc2c1. The van der Waals surface area contributed by atoms with Crippen molar-refractivity contribution in [3.63, 3.8) is 0 Å². The van der Waals surface area contributed by atoms with E-state index < -0.39 is 0 Å². The first-order valence-electron chi connectivity index (χ1n) is 4.42. The van der Waals surface area contributed by atoms with Crippen molar-refractivity contribution in [1.82, 2.24) is 15.0 Å². The molecule has 5 heteroatoms. The molecule has 0 spiro atoms. The van der Waals surface area contributed by atoms with Crippen LogP contribution in [0.3, 0.4) is 0 Å². The van der Waals surface area contributed by atoms with Gasteiger partial charge in [0, 0.05) is 0 Å². The molecule has 0 bridgehead atoms. The van der Waals surface area contributed by atoms with Crippen LogP contribution in [0.2, 0.25) is 0 Å². The van der Waals surface area contributed by atoms with Gasteiger partial charge in [0.05, 0.1) is 21.9 Å². The van der Waals surface area contributed by atoms with Crippen LogP contribution in [0, 0.1) is 0 Å². The Morgan fingerprint density at radius 1 is 1.27 bits per heavy atom. The van der Waals surface area contributed by atoms with Gasteiger partial charge in [-0.1, -0.05) is 12.1 Å². The summed E-state index contributed by atoms with van der Waals surface area (Å²) in [6.45, 7) is 0. The van der Waals surface area contributed by atoms with Gasteiger partial charge < -0.3 is 9.72 Å². The third-order valence-electron chi connectivity index (χ3n) is 1.98. The zero-order valence-corrected chi connectivity index (χ0v) is 8.49. The number of imidazole rings is 1. The number of aromatic nitrogens is 3. The van der Waals surface area contributed by atoms with E-state index in [0.29, 0.717) is 11.9 Å². The Balaban J connectivity index is 1.98. The van der Waals surface area contributed by atoms with E-state index in [2.05, 4.69) is 15.0 Å². The lowest BCUT2D eigenvalue weighted by atomic mass is 10.3. The maximum Gasteiger partial charge on any atom is 0.301 e. The Morgan fingerprint density at radius 2 is 2.20 bits per heavy atom. The maximum atomic E-state index is 5.44. The molecule has 0 atom stereocenters. The molecule has 0 radical (unpaired) electrons. The molecule has 2 aromatic heterocycles. The van der Waals surface area contributed by atoms with Crippen molar-refractivity contribution in [1.29, 1.82) is 0 Å². The molecule has 15 heavy (non-hydrogen) atoms. The maximum absolute atomic E-state index is 5.44. The summed E-state index contributed by atoms with van der Waals surface area (Å²) in [5, 5.41) is 1.83. The molecule has 4 nitrogen and oxygen atoms in total. The summed E-state index contributed by atoms with van der Waals surface area (Å²) < 4.78 is 5.44. The zero-order valence-electron chi connectivity index (χ0n) is 7.68. The standard InChI is InChI=1S/C10H7N3OS/c1-2-4-8-7(3-1)12-10(13-8)14-9-5-15-6-11-9/h1-6H,(H,12,13). The summed E-state index contributed by atoms with van der Waals surface area (Å²) in [6.07, 6.45) is 0. The molecule has 1 N–H and O–H groups in total. The second-order valence-corrected chi connectivity index (χ2v) is 3.71. The number of hydrogen-bond donors (Lipinski definition) is 1. The summed E-state index contributed by atoms with van der Waals surface area (Å²) in [4.78, 5) is 11.4. The molecule has 2 heterocycles. The molecule has 3 rings (SSSR count). The summed E-state index contributed by atoms with van der Waals surface area (Å²) >= 11 is 1.49. The Bertz CT molecular complexity index is 540. The van der Waals surface area contributed by atoms with Crippen LogP contribution in [0.5, 0.6) is 11.9 Å². The highest BCUT2D eigenvalue weighted by atomic mass is 32.1. The van der Waals surface area contributed by atoms with Gasteiger partial charge in [-0.15, -0.1) is 11.3 Å². The minimum Gasteiger partial charge on any atom is -0.406 e. The predicted molar refractivity (Wildman–Crippen MR) is 58.3 cm³/mol. The van der Waals surface area contributed by atoms with Crippen molar-refractivity contribution in [3.05, 3.63) is 35.2 Å². The third-order valence-corrected chi connectivity index (χ3v) is 2.54. The minimum absolute atomic E-state index is 0.474. The smallest absolute Gasteiger partial charge is 0.301 e. The third kappa shape index (κ3) is 1.57. The number of thiazole rings is 1. The lowest BCUT2D eigenvalue weighted by Crippen LogP contribution is -1.84. The molecule has 1 aromatic carbocycles. The van der Waals surface area contributed by atoms with E-state index in [1.807, 2.05) is 29.6 Å². The van der Waals surface area contributed by atoms with Gasteiger partial charge in [0.25, 0.3) is 0 Å². The van der Waals surface area contributed by atoms with Crippen LogP contribution in [0.25, 0.3) is 11.0 Å². The largest absolute Gasteiger partial charge is 0.406 e. The normalized spacial score (nSPS) is 10.7. The van der Waals surface area contributed by atoms with Crippen LogP contribution in [-0.2, 0) is 0 Å². The van der Waals surface area contributed by atoms with Crippen molar-refractivity contribution in [2.75, 3.05) is 0 Å². The fourth-order valence-electron chi connectivity index (χ4n) is 1.33. The number of hydrogen-bond acceptors (Lipinski definition) is 4. The van der Waals surface area contributed by atoms with Gasteiger partial charge in [-0.25, -0.2) is 4.98 Å². The highest BCUT2D eigenvalue weighted by Gasteiger charge is 2.04. The number of benzene rings is 1. The summed E-state index contributed by atoms with van der Waals surface area (Å²) in [5.74, 6) is 0.569. The fraction of sp³-hybridized carbons (Fsp3) is 0. The van der Waals surface area contributed by atoms with Gasteiger partial charge in [0.15, 0.2) is 0 Å². The number of ether oxygens (including phenoxy) is 1. The van der Waals surface area contributed by atoms with Gasteiger partial charge in [-0.05, 0) is 12.1 Å². The second kappa shape index (κ2) is 3.36. The molecule has 0 aliphatic carbocycles. The second-order valence-electron chi connectivity index (χ2n) is 2.99. The first-order chi connectivity index (χ1) is 7.42. The minimum atomic E-state index is 0.474. The molecule has 3 aromatic rings. The quantitative estimate of drug-likeness (QED) is 0.718. The average Bonchev–Trinajstić information content (AvgIpc) is 2.86. The Labute approximate surface area is 89.6 Å². The van der Waals surface area contributed by atoms with Crippen molar-refractivity contribution in [2.24, 2.45) is 0 Å². The Kier molecular flexibility index (Phi) is 1.89. The average molecular weight is 217 g/mol. The van der Waals surface area contributed by atoms with E-state index in [9.17, 15) is 0 Å². The van der Waals surface area contributed by atoms with E-state index in [4.69, 9.17) is 4.74 Å². The highest BCUT2D eigenvalue weighted by molar-refractivity contribution is 7.07. The van der Waals surface area contributed by atoms with Crippen LogP contribution in [-0.4, -0.2) is 15.0 Å². The van der Waals surface area contributed by atoms with Gasteiger partial charge in [0.1, 0.15) is 0 Å². The van der Waals surface area contributed by atoms with Crippen LogP contribution >= 0.6 is 11.3 Å². The van der Waals surface area contributed by atoms with Crippen molar-refractivity contribution >= 4 is 22.4 Å². The van der Waals surface area contributed by atoms with E-state index in [-0.39, 0.29) is 0 Å². The fourth-order valence-corrected chi connectivity index (χ4v) is 1.78. The van der Waals surface area contributed by atoms with Gasteiger partial charge in [0.2, 0.25) is 5.88 Å². The van der Waals surface area contributed by atoms with E-state index in [0.717, 1.165) is 11.0 Å². The summed E-state index contributed by atoms with van der Waals surface area (Å²) in [7, 11) is 0. The number of para-hydroxylation sites is 2. The van der Waals surface area contributed by atoms with E-state index in [1.54, 1.807) is 5.51 Å². The van der Waals surface area contributed by atoms with Crippen LogP contribution in [0.15, 0.2) is 35.2 Å². The van der Waals surface area contributed by atoms with E-state index in [1.165, 1.54) is 11.3 Å².